The average molecular weight is 263 g/mol. The van der Waals surface area contributed by atoms with Crippen molar-refractivity contribution < 1.29 is 4.79 Å². The number of pyridine rings is 1. The SMILES string of the molecule is CC1CCN(C(=O)c2ccc(C(N)=S)cn2)CC1. The van der Waals surface area contributed by atoms with E-state index in [-0.39, 0.29) is 5.91 Å². The summed E-state index contributed by atoms with van der Waals surface area (Å²) >= 11 is 4.85. The number of amides is 1. The molecule has 0 unspecified atom stereocenters. The van der Waals surface area contributed by atoms with E-state index in [1.807, 2.05) is 4.90 Å². The monoisotopic (exact) mass is 263 g/mol. The smallest absolute Gasteiger partial charge is 0.272 e. The molecule has 0 atom stereocenters. The minimum absolute atomic E-state index is 0.00334. The second-order valence-corrected chi connectivity index (χ2v) is 5.21. The summed E-state index contributed by atoms with van der Waals surface area (Å²) < 4.78 is 0. The third-order valence-corrected chi connectivity index (χ3v) is 3.57. The van der Waals surface area contributed by atoms with Crippen LogP contribution in [0.15, 0.2) is 18.3 Å². The topological polar surface area (TPSA) is 59.2 Å². The van der Waals surface area contributed by atoms with Crippen molar-refractivity contribution in [2.45, 2.75) is 19.8 Å². The number of piperidine rings is 1. The molecule has 2 rings (SSSR count). The van der Waals surface area contributed by atoms with Gasteiger partial charge in [0.25, 0.3) is 5.91 Å². The molecule has 0 radical (unpaired) electrons. The summed E-state index contributed by atoms with van der Waals surface area (Å²) in [5.41, 5.74) is 6.65. The maximum atomic E-state index is 12.2. The summed E-state index contributed by atoms with van der Waals surface area (Å²) in [7, 11) is 0. The van der Waals surface area contributed by atoms with Crippen molar-refractivity contribution >= 4 is 23.1 Å². The van der Waals surface area contributed by atoms with Gasteiger partial charge < -0.3 is 10.6 Å². The number of nitrogens with two attached hydrogens (primary N) is 1. The zero-order chi connectivity index (χ0) is 13.1. The standard InChI is InChI=1S/C13H17N3OS/c1-9-4-6-16(7-5-9)13(17)11-3-2-10(8-15-11)12(14)18/h2-3,8-9H,4-7H2,1H3,(H2,14,18). The molecule has 0 bridgehead atoms. The van der Waals surface area contributed by atoms with Crippen molar-refractivity contribution in [1.29, 1.82) is 0 Å². The van der Waals surface area contributed by atoms with Crippen molar-refractivity contribution in [2.24, 2.45) is 11.7 Å². The Hall–Kier alpha value is -1.49. The molecule has 4 nitrogen and oxygen atoms in total. The van der Waals surface area contributed by atoms with Gasteiger partial charge in [-0.25, -0.2) is 0 Å². The molecule has 0 aliphatic carbocycles. The fraction of sp³-hybridized carbons (Fsp3) is 0.462. The number of aromatic nitrogens is 1. The molecule has 1 aliphatic heterocycles. The Morgan fingerprint density at radius 1 is 1.44 bits per heavy atom. The molecule has 96 valence electrons. The van der Waals surface area contributed by atoms with Crippen molar-refractivity contribution in [3.8, 4) is 0 Å². The van der Waals surface area contributed by atoms with Crippen LogP contribution < -0.4 is 5.73 Å². The Labute approximate surface area is 112 Å². The molecule has 18 heavy (non-hydrogen) atoms. The number of nitrogens with zero attached hydrogens (tertiary/aromatic N) is 2. The van der Waals surface area contributed by atoms with Crippen LogP contribution in [0.3, 0.4) is 0 Å². The summed E-state index contributed by atoms with van der Waals surface area (Å²) in [4.78, 5) is 18.5. The van der Waals surface area contributed by atoms with Crippen LogP contribution >= 0.6 is 12.2 Å². The van der Waals surface area contributed by atoms with Crippen LogP contribution in [-0.4, -0.2) is 33.9 Å². The van der Waals surface area contributed by atoms with Crippen LogP contribution in [0.25, 0.3) is 0 Å². The van der Waals surface area contributed by atoms with Crippen LogP contribution in [0, 0.1) is 5.92 Å². The van der Waals surface area contributed by atoms with Crippen LogP contribution in [0.4, 0.5) is 0 Å². The summed E-state index contributed by atoms with van der Waals surface area (Å²) in [5, 5.41) is 0. The molecular weight excluding hydrogens is 246 g/mol. The highest BCUT2D eigenvalue weighted by Crippen LogP contribution is 2.17. The summed E-state index contributed by atoms with van der Waals surface area (Å²) in [5.74, 6) is 0.704. The zero-order valence-corrected chi connectivity index (χ0v) is 11.2. The molecule has 2 N–H and O–H groups in total. The second kappa shape index (κ2) is 5.44. The second-order valence-electron chi connectivity index (χ2n) is 4.77. The molecule has 0 spiro atoms. The van der Waals surface area contributed by atoms with E-state index in [9.17, 15) is 4.79 Å². The Balaban J connectivity index is 2.07. The van der Waals surface area contributed by atoms with Crippen molar-refractivity contribution in [2.75, 3.05) is 13.1 Å². The van der Waals surface area contributed by atoms with E-state index in [4.69, 9.17) is 18.0 Å². The number of hydrogen-bond donors (Lipinski definition) is 1. The highest BCUT2D eigenvalue weighted by molar-refractivity contribution is 7.80. The van der Waals surface area contributed by atoms with Gasteiger partial charge in [-0.15, -0.1) is 0 Å². The quantitative estimate of drug-likeness (QED) is 0.823. The minimum Gasteiger partial charge on any atom is -0.389 e. The lowest BCUT2D eigenvalue weighted by Crippen LogP contribution is -2.38. The van der Waals surface area contributed by atoms with E-state index in [0.717, 1.165) is 25.9 Å². The van der Waals surface area contributed by atoms with Crippen LogP contribution in [0.1, 0.15) is 35.8 Å². The van der Waals surface area contributed by atoms with E-state index in [0.29, 0.717) is 22.2 Å². The molecule has 1 saturated heterocycles. The van der Waals surface area contributed by atoms with Gasteiger partial charge in [0.05, 0.1) is 0 Å². The van der Waals surface area contributed by atoms with Crippen molar-refractivity contribution in [3.05, 3.63) is 29.6 Å². The van der Waals surface area contributed by atoms with Crippen LogP contribution in [0.5, 0.6) is 0 Å². The maximum absolute atomic E-state index is 12.2. The first-order valence-electron chi connectivity index (χ1n) is 6.13. The van der Waals surface area contributed by atoms with Gasteiger partial charge in [-0.3, -0.25) is 9.78 Å². The summed E-state index contributed by atoms with van der Waals surface area (Å²) in [6, 6.07) is 3.43. The van der Waals surface area contributed by atoms with Crippen molar-refractivity contribution in [1.82, 2.24) is 9.88 Å². The number of thiocarbonyl (C=S) groups is 1. The van der Waals surface area contributed by atoms with Crippen LogP contribution in [-0.2, 0) is 0 Å². The van der Waals surface area contributed by atoms with Gasteiger partial charge in [-0.2, -0.15) is 0 Å². The molecule has 1 aliphatic rings. The van der Waals surface area contributed by atoms with Crippen LogP contribution in [0.2, 0.25) is 0 Å². The predicted molar refractivity (Wildman–Crippen MR) is 74.4 cm³/mol. The number of carbonyl (C=O) groups excluding carboxylic acids is 1. The van der Waals surface area contributed by atoms with Gasteiger partial charge >= 0.3 is 0 Å². The normalized spacial score (nSPS) is 16.6. The van der Waals surface area contributed by atoms with E-state index in [1.165, 1.54) is 0 Å². The highest BCUT2D eigenvalue weighted by Gasteiger charge is 2.22. The average Bonchev–Trinajstić information content (AvgIpc) is 2.39. The third kappa shape index (κ3) is 2.85. The first-order valence-corrected chi connectivity index (χ1v) is 6.54. The molecule has 1 aromatic rings. The molecule has 5 heteroatoms. The Morgan fingerprint density at radius 2 is 2.11 bits per heavy atom. The van der Waals surface area contributed by atoms with E-state index in [2.05, 4.69) is 11.9 Å². The first kappa shape index (κ1) is 13.0. The van der Waals surface area contributed by atoms with Gasteiger partial charge in [0, 0.05) is 24.8 Å². The largest absolute Gasteiger partial charge is 0.389 e. The molecule has 1 aromatic heterocycles. The van der Waals surface area contributed by atoms with Gasteiger partial charge in [0.1, 0.15) is 10.7 Å². The summed E-state index contributed by atoms with van der Waals surface area (Å²) in [6.45, 7) is 3.86. The Morgan fingerprint density at radius 3 is 2.61 bits per heavy atom. The number of carbonyl (C=O) groups is 1. The van der Waals surface area contributed by atoms with Gasteiger partial charge in [0.2, 0.25) is 0 Å². The maximum Gasteiger partial charge on any atom is 0.272 e. The van der Waals surface area contributed by atoms with E-state index < -0.39 is 0 Å². The molecule has 1 amide bonds. The lowest BCUT2D eigenvalue weighted by Gasteiger charge is -2.30. The third-order valence-electron chi connectivity index (χ3n) is 3.34. The lowest BCUT2D eigenvalue weighted by molar-refractivity contribution is 0.0691. The molecule has 0 saturated carbocycles. The molecule has 0 aromatic carbocycles. The highest BCUT2D eigenvalue weighted by atomic mass is 32.1. The van der Waals surface area contributed by atoms with Crippen molar-refractivity contribution in [3.63, 3.8) is 0 Å². The summed E-state index contributed by atoms with van der Waals surface area (Å²) in [6.07, 6.45) is 3.69. The van der Waals surface area contributed by atoms with E-state index in [1.54, 1.807) is 18.3 Å². The number of likely N-dealkylation sites (tertiary alicyclic amines) is 1. The molecule has 1 fully saturated rings. The zero-order valence-electron chi connectivity index (χ0n) is 10.4. The van der Waals surface area contributed by atoms with Gasteiger partial charge in [-0.1, -0.05) is 19.1 Å². The first-order chi connectivity index (χ1) is 8.58. The number of hydrogen-bond acceptors (Lipinski definition) is 3. The molecular formula is C13H17N3OS. The fourth-order valence-corrected chi connectivity index (χ4v) is 2.16. The van der Waals surface area contributed by atoms with Gasteiger partial charge in [-0.05, 0) is 30.9 Å². The fourth-order valence-electron chi connectivity index (χ4n) is 2.04. The Kier molecular flexibility index (Phi) is 3.91. The lowest BCUT2D eigenvalue weighted by atomic mass is 9.99. The van der Waals surface area contributed by atoms with Gasteiger partial charge in [0.15, 0.2) is 0 Å². The van der Waals surface area contributed by atoms with E-state index >= 15 is 0 Å². The number of rotatable bonds is 2. The molecule has 2 heterocycles. The Bertz CT molecular complexity index is 450. The minimum atomic E-state index is -0.00334. The predicted octanol–water partition coefficient (Wildman–Crippen LogP) is 1.59.